The minimum Gasteiger partial charge on any atom is -1.00 e. The van der Waals surface area contributed by atoms with Crippen molar-refractivity contribution in [2.24, 2.45) is 10.9 Å². The van der Waals surface area contributed by atoms with Gasteiger partial charge >= 0.3 is 0 Å². The van der Waals surface area contributed by atoms with Gasteiger partial charge in [-0.15, -0.1) is 0 Å². The summed E-state index contributed by atoms with van der Waals surface area (Å²) in [6, 6.07) is 16.7. The number of aryl methyl sites for hydroxylation is 1. The van der Waals surface area contributed by atoms with E-state index in [2.05, 4.69) is 73.9 Å². The van der Waals surface area contributed by atoms with E-state index in [4.69, 9.17) is 5.84 Å². The van der Waals surface area contributed by atoms with Gasteiger partial charge in [-0.05, 0) is 26.3 Å². The molecular formula is C19H22ClN3. The predicted octanol–water partition coefficient (Wildman–Crippen LogP) is 0.368. The van der Waals surface area contributed by atoms with Gasteiger partial charge in [0.15, 0.2) is 5.71 Å². The Balaban J connectivity index is 0.00000192. The van der Waals surface area contributed by atoms with E-state index in [-0.39, 0.29) is 17.8 Å². The summed E-state index contributed by atoms with van der Waals surface area (Å²) in [5.41, 5.74) is 6.67. The quantitative estimate of drug-likeness (QED) is 0.368. The van der Waals surface area contributed by atoms with Crippen LogP contribution in [0, 0.1) is 6.92 Å². The Bertz CT molecular complexity index is 804. The Morgan fingerprint density at radius 3 is 2.26 bits per heavy atom. The molecule has 0 aliphatic carbocycles. The van der Waals surface area contributed by atoms with Crippen molar-refractivity contribution in [2.75, 3.05) is 7.05 Å². The smallest absolute Gasteiger partial charge is 0.220 e. The zero-order valence-electron chi connectivity index (χ0n) is 14.0. The Labute approximate surface area is 144 Å². The molecule has 1 aliphatic heterocycles. The van der Waals surface area contributed by atoms with E-state index >= 15 is 0 Å². The van der Waals surface area contributed by atoms with E-state index in [9.17, 15) is 0 Å². The lowest BCUT2D eigenvalue weighted by Gasteiger charge is -2.19. The summed E-state index contributed by atoms with van der Waals surface area (Å²) >= 11 is 0. The van der Waals surface area contributed by atoms with E-state index in [1.807, 2.05) is 12.1 Å². The summed E-state index contributed by atoms with van der Waals surface area (Å²) in [7, 11) is 2.09. The zero-order chi connectivity index (χ0) is 15.9. The number of hydrogen-bond acceptors (Lipinski definition) is 2. The molecule has 0 spiro atoms. The Hall–Kier alpha value is -2.13. The molecular weight excluding hydrogens is 306 g/mol. The minimum absolute atomic E-state index is 0. The fourth-order valence-electron chi connectivity index (χ4n) is 3.51. The number of halogens is 1. The van der Waals surface area contributed by atoms with Crippen LogP contribution in [0.3, 0.4) is 0 Å². The zero-order valence-corrected chi connectivity index (χ0v) is 14.7. The molecule has 2 aromatic carbocycles. The van der Waals surface area contributed by atoms with Gasteiger partial charge in [0.25, 0.3) is 0 Å². The highest BCUT2D eigenvalue weighted by molar-refractivity contribution is 6.50. The lowest BCUT2D eigenvalue weighted by molar-refractivity contribution is -0.400. The van der Waals surface area contributed by atoms with Gasteiger partial charge in [0.1, 0.15) is 7.05 Å². The van der Waals surface area contributed by atoms with Gasteiger partial charge in [-0.3, -0.25) is 0 Å². The maximum Gasteiger partial charge on any atom is 0.220 e. The first-order valence-electron chi connectivity index (χ1n) is 7.53. The molecule has 0 amide bonds. The highest BCUT2D eigenvalue weighted by Gasteiger charge is 2.47. The second-order valence-corrected chi connectivity index (χ2v) is 6.34. The molecule has 0 saturated carbocycles. The lowest BCUT2D eigenvalue weighted by Crippen LogP contribution is -3.00. The van der Waals surface area contributed by atoms with E-state index in [0.29, 0.717) is 0 Å². The number of para-hydroxylation sites is 1. The third-order valence-corrected chi connectivity index (χ3v) is 4.62. The van der Waals surface area contributed by atoms with Crippen molar-refractivity contribution in [3.63, 3.8) is 0 Å². The largest absolute Gasteiger partial charge is 1.00 e. The second-order valence-electron chi connectivity index (χ2n) is 6.34. The number of fused-ring (bicyclic) bond motifs is 1. The minimum atomic E-state index is -0.133. The molecule has 3 nitrogen and oxygen atoms in total. The third kappa shape index (κ3) is 2.55. The van der Waals surface area contributed by atoms with Gasteiger partial charge in [0, 0.05) is 17.2 Å². The molecule has 23 heavy (non-hydrogen) atoms. The molecule has 2 N–H and O–H groups in total. The molecule has 0 saturated heterocycles. The van der Waals surface area contributed by atoms with Crippen LogP contribution in [0.25, 0.3) is 0 Å². The molecule has 3 rings (SSSR count). The fraction of sp³-hybridized carbons (Fsp3) is 0.263. The summed E-state index contributed by atoms with van der Waals surface area (Å²) < 4.78 is 2.22. The average molecular weight is 328 g/mol. The van der Waals surface area contributed by atoms with Crippen LogP contribution in [-0.4, -0.2) is 23.0 Å². The first-order chi connectivity index (χ1) is 10.5. The Kier molecular flexibility index (Phi) is 4.62. The van der Waals surface area contributed by atoms with Gasteiger partial charge in [0.05, 0.1) is 5.41 Å². The SMILES string of the molecule is Cc1ccccc1C(=NN)C1=[N+](C)c2ccccc2C1(C)C.[Cl-]. The molecule has 120 valence electrons. The van der Waals surface area contributed by atoms with Crippen LogP contribution in [0.5, 0.6) is 0 Å². The highest BCUT2D eigenvalue weighted by atomic mass is 35.5. The molecule has 1 aliphatic rings. The number of nitrogens with two attached hydrogens (primary N) is 1. The molecule has 0 fully saturated rings. The fourth-order valence-corrected chi connectivity index (χ4v) is 3.51. The average Bonchev–Trinajstić information content (AvgIpc) is 2.71. The van der Waals surface area contributed by atoms with Crippen molar-refractivity contribution in [3.05, 3.63) is 65.2 Å². The number of hydrazone groups is 1. The van der Waals surface area contributed by atoms with Crippen molar-refractivity contribution >= 4 is 17.1 Å². The van der Waals surface area contributed by atoms with Crippen LogP contribution >= 0.6 is 0 Å². The molecule has 0 radical (unpaired) electrons. The molecule has 4 heteroatoms. The summed E-state index contributed by atoms with van der Waals surface area (Å²) in [6.45, 7) is 6.55. The number of benzene rings is 2. The first kappa shape index (κ1) is 17.2. The van der Waals surface area contributed by atoms with Crippen LogP contribution < -0.4 is 18.2 Å². The molecule has 2 aromatic rings. The van der Waals surface area contributed by atoms with E-state index in [1.54, 1.807) is 0 Å². The monoisotopic (exact) mass is 327 g/mol. The van der Waals surface area contributed by atoms with Crippen LogP contribution in [0.4, 0.5) is 5.69 Å². The van der Waals surface area contributed by atoms with Gasteiger partial charge in [-0.1, -0.05) is 42.5 Å². The maximum atomic E-state index is 5.81. The summed E-state index contributed by atoms with van der Waals surface area (Å²) in [5, 5.41) is 4.17. The maximum absolute atomic E-state index is 5.81. The normalized spacial score (nSPS) is 16.1. The molecule has 0 atom stereocenters. The van der Waals surface area contributed by atoms with Crippen molar-refractivity contribution in [3.8, 4) is 0 Å². The summed E-state index contributed by atoms with van der Waals surface area (Å²) in [4.78, 5) is 0. The van der Waals surface area contributed by atoms with Gasteiger partial charge < -0.3 is 18.2 Å². The van der Waals surface area contributed by atoms with E-state index in [1.165, 1.54) is 16.8 Å². The first-order valence-corrected chi connectivity index (χ1v) is 7.53. The predicted molar refractivity (Wildman–Crippen MR) is 92.2 cm³/mol. The van der Waals surface area contributed by atoms with Crippen molar-refractivity contribution in [1.82, 2.24) is 0 Å². The molecule has 0 aromatic heterocycles. The number of rotatable bonds is 2. The van der Waals surface area contributed by atoms with Crippen LogP contribution in [0.15, 0.2) is 53.6 Å². The summed E-state index contributed by atoms with van der Waals surface area (Å²) in [6.07, 6.45) is 0. The van der Waals surface area contributed by atoms with E-state index < -0.39 is 0 Å². The van der Waals surface area contributed by atoms with Gasteiger partial charge in [0.2, 0.25) is 11.4 Å². The van der Waals surface area contributed by atoms with Crippen molar-refractivity contribution in [1.29, 1.82) is 0 Å². The molecule has 0 unspecified atom stereocenters. The lowest BCUT2D eigenvalue weighted by atomic mass is 9.78. The van der Waals surface area contributed by atoms with E-state index in [0.717, 1.165) is 17.0 Å². The standard InChI is InChI=1S/C19H21N3.ClH/c1-13-9-5-6-10-14(13)17(21-20)18-19(2,3)15-11-7-8-12-16(15)22(18)4;/h5-12,20H,1-4H3;1H. The van der Waals surface area contributed by atoms with Crippen molar-refractivity contribution < 1.29 is 17.0 Å². The van der Waals surface area contributed by atoms with Crippen LogP contribution in [0.2, 0.25) is 0 Å². The summed E-state index contributed by atoms with van der Waals surface area (Å²) in [5.74, 6) is 5.81. The third-order valence-electron chi connectivity index (χ3n) is 4.62. The van der Waals surface area contributed by atoms with Gasteiger partial charge in [-0.25, -0.2) is 0 Å². The highest BCUT2D eigenvalue weighted by Crippen LogP contribution is 2.39. The van der Waals surface area contributed by atoms with Crippen molar-refractivity contribution in [2.45, 2.75) is 26.2 Å². The Morgan fingerprint density at radius 1 is 1.04 bits per heavy atom. The van der Waals surface area contributed by atoms with Crippen LogP contribution in [0.1, 0.15) is 30.5 Å². The Morgan fingerprint density at radius 2 is 1.65 bits per heavy atom. The van der Waals surface area contributed by atoms with Gasteiger partial charge in [-0.2, -0.15) is 9.68 Å². The molecule has 1 heterocycles. The van der Waals surface area contributed by atoms with Crippen LogP contribution in [-0.2, 0) is 5.41 Å². The second kappa shape index (κ2) is 6.17. The molecule has 0 bridgehead atoms. The number of nitrogens with zero attached hydrogens (tertiary/aromatic N) is 2. The topological polar surface area (TPSA) is 41.4 Å². The number of hydrogen-bond donors (Lipinski definition) is 1.